The Hall–Kier alpha value is -1.96. The lowest BCUT2D eigenvalue weighted by Crippen LogP contribution is -2.13. The van der Waals surface area contributed by atoms with Crippen LogP contribution in [0.1, 0.15) is 31.9 Å². The summed E-state index contributed by atoms with van der Waals surface area (Å²) in [5, 5.41) is 3.45. The number of hydrogen-bond donors (Lipinski definition) is 2. The zero-order valence-electron chi connectivity index (χ0n) is 12.1. The Labute approximate surface area is 115 Å². The Bertz CT molecular complexity index is 580. The molecule has 0 saturated heterocycles. The van der Waals surface area contributed by atoms with Crippen LogP contribution in [0.15, 0.2) is 42.5 Å². The van der Waals surface area contributed by atoms with E-state index in [0.717, 1.165) is 17.1 Å². The second-order valence-electron chi connectivity index (χ2n) is 6.01. The highest BCUT2D eigenvalue weighted by atomic mass is 14.9. The van der Waals surface area contributed by atoms with Crippen LogP contribution in [-0.4, -0.2) is 0 Å². The molecule has 0 aliphatic carbocycles. The van der Waals surface area contributed by atoms with Gasteiger partial charge < -0.3 is 11.1 Å². The van der Waals surface area contributed by atoms with Gasteiger partial charge in [-0.1, -0.05) is 45.0 Å². The van der Waals surface area contributed by atoms with Crippen molar-refractivity contribution in [3.63, 3.8) is 0 Å². The Morgan fingerprint density at radius 1 is 0.947 bits per heavy atom. The molecule has 3 N–H and O–H groups in total. The maximum absolute atomic E-state index is 6.07. The Balaban J connectivity index is 2.39. The third kappa shape index (κ3) is 3.08. The van der Waals surface area contributed by atoms with Crippen LogP contribution in [0.25, 0.3) is 0 Å². The van der Waals surface area contributed by atoms with Crippen LogP contribution in [0, 0.1) is 6.92 Å². The van der Waals surface area contributed by atoms with E-state index >= 15 is 0 Å². The van der Waals surface area contributed by atoms with Crippen molar-refractivity contribution in [3.05, 3.63) is 53.6 Å². The van der Waals surface area contributed by atoms with Crippen LogP contribution in [-0.2, 0) is 5.41 Å². The topological polar surface area (TPSA) is 38.0 Å². The molecule has 0 unspecified atom stereocenters. The summed E-state index contributed by atoms with van der Waals surface area (Å²) < 4.78 is 0. The first-order valence-electron chi connectivity index (χ1n) is 6.60. The highest BCUT2D eigenvalue weighted by Gasteiger charge is 2.17. The fraction of sp³-hybridized carbons (Fsp3) is 0.294. The van der Waals surface area contributed by atoms with Crippen molar-refractivity contribution in [1.82, 2.24) is 0 Å². The quantitative estimate of drug-likeness (QED) is 0.767. The van der Waals surface area contributed by atoms with Crippen LogP contribution in [0.3, 0.4) is 0 Å². The van der Waals surface area contributed by atoms with E-state index in [1.165, 1.54) is 11.1 Å². The minimum Gasteiger partial charge on any atom is -0.397 e. The van der Waals surface area contributed by atoms with E-state index in [2.05, 4.69) is 50.4 Å². The normalized spacial score (nSPS) is 11.4. The van der Waals surface area contributed by atoms with Gasteiger partial charge in [-0.15, -0.1) is 0 Å². The number of anilines is 3. The number of rotatable bonds is 2. The number of hydrogen-bond acceptors (Lipinski definition) is 2. The van der Waals surface area contributed by atoms with Crippen LogP contribution >= 0.6 is 0 Å². The summed E-state index contributed by atoms with van der Waals surface area (Å²) in [6.07, 6.45) is 0. The van der Waals surface area contributed by atoms with Gasteiger partial charge in [0, 0.05) is 5.69 Å². The molecule has 2 heteroatoms. The summed E-state index contributed by atoms with van der Waals surface area (Å²) in [6.45, 7) is 8.69. The summed E-state index contributed by atoms with van der Waals surface area (Å²) in [5.41, 5.74) is 11.5. The molecule has 0 radical (unpaired) electrons. The van der Waals surface area contributed by atoms with Gasteiger partial charge in [0.15, 0.2) is 0 Å². The predicted molar refractivity (Wildman–Crippen MR) is 84.0 cm³/mol. The molecule has 0 heterocycles. The number of para-hydroxylation sites is 1. The summed E-state index contributed by atoms with van der Waals surface area (Å²) in [6, 6.07) is 14.5. The van der Waals surface area contributed by atoms with Crippen molar-refractivity contribution in [3.8, 4) is 0 Å². The van der Waals surface area contributed by atoms with Crippen molar-refractivity contribution in [2.45, 2.75) is 33.1 Å². The summed E-state index contributed by atoms with van der Waals surface area (Å²) in [5.74, 6) is 0. The second kappa shape index (κ2) is 4.96. The maximum Gasteiger partial charge on any atom is 0.0618 e. The molecule has 0 aromatic heterocycles. The van der Waals surface area contributed by atoms with Crippen molar-refractivity contribution in [1.29, 1.82) is 0 Å². The number of aryl methyl sites for hydroxylation is 1. The van der Waals surface area contributed by atoms with E-state index in [1.54, 1.807) is 0 Å². The van der Waals surface area contributed by atoms with E-state index in [-0.39, 0.29) is 5.41 Å². The fourth-order valence-electron chi connectivity index (χ4n) is 2.19. The highest BCUT2D eigenvalue weighted by molar-refractivity contribution is 5.74. The average Bonchev–Trinajstić information content (AvgIpc) is 2.32. The molecule has 0 saturated carbocycles. The molecule has 2 aromatic carbocycles. The minimum absolute atomic E-state index is 0.100. The number of benzene rings is 2. The van der Waals surface area contributed by atoms with E-state index in [9.17, 15) is 0 Å². The first kappa shape index (κ1) is 13.5. The van der Waals surface area contributed by atoms with Gasteiger partial charge in [-0.2, -0.15) is 0 Å². The maximum atomic E-state index is 6.07. The molecule has 0 aliphatic rings. The molecule has 2 aromatic rings. The summed E-state index contributed by atoms with van der Waals surface area (Å²) in [4.78, 5) is 0. The molecular weight excluding hydrogens is 232 g/mol. The monoisotopic (exact) mass is 254 g/mol. The number of nitrogen functional groups attached to an aromatic ring is 1. The fourth-order valence-corrected chi connectivity index (χ4v) is 2.19. The van der Waals surface area contributed by atoms with Gasteiger partial charge in [-0.3, -0.25) is 0 Å². The molecular formula is C17H22N2. The van der Waals surface area contributed by atoms with E-state index in [1.807, 2.05) is 25.1 Å². The van der Waals surface area contributed by atoms with Gasteiger partial charge in [-0.05, 0) is 41.7 Å². The lowest BCUT2D eigenvalue weighted by atomic mass is 9.86. The third-order valence-corrected chi connectivity index (χ3v) is 3.21. The first-order chi connectivity index (χ1) is 8.88. The van der Waals surface area contributed by atoms with Crippen molar-refractivity contribution in [2.75, 3.05) is 11.1 Å². The van der Waals surface area contributed by atoms with E-state index in [0.29, 0.717) is 0 Å². The second-order valence-corrected chi connectivity index (χ2v) is 6.01. The largest absolute Gasteiger partial charge is 0.397 e. The lowest BCUT2D eigenvalue weighted by molar-refractivity contribution is 0.592. The van der Waals surface area contributed by atoms with Crippen molar-refractivity contribution >= 4 is 17.1 Å². The van der Waals surface area contributed by atoms with Crippen LogP contribution in [0.4, 0.5) is 17.1 Å². The summed E-state index contributed by atoms with van der Waals surface area (Å²) >= 11 is 0. The molecule has 0 bridgehead atoms. The Morgan fingerprint density at radius 3 is 2.26 bits per heavy atom. The van der Waals surface area contributed by atoms with Crippen molar-refractivity contribution < 1.29 is 0 Å². The SMILES string of the molecule is Cc1ccc(Nc2ccccc2C(C)(C)C)c(N)c1. The average molecular weight is 254 g/mol. The first-order valence-corrected chi connectivity index (χ1v) is 6.60. The summed E-state index contributed by atoms with van der Waals surface area (Å²) in [7, 11) is 0. The molecule has 0 spiro atoms. The number of nitrogens with one attached hydrogen (secondary N) is 1. The molecule has 0 atom stereocenters. The molecule has 2 nitrogen and oxygen atoms in total. The third-order valence-electron chi connectivity index (χ3n) is 3.21. The zero-order chi connectivity index (χ0) is 14.0. The van der Waals surface area contributed by atoms with Crippen molar-refractivity contribution in [2.24, 2.45) is 0 Å². The Morgan fingerprint density at radius 2 is 1.63 bits per heavy atom. The Kier molecular flexibility index (Phi) is 3.52. The number of nitrogens with two attached hydrogens (primary N) is 1. The van der Waals surface area contributed by atoms with E-state index < -0.39 is 0 Å². The van der Waals surface area contributed by atoms with Gasteiger partial charge in [0.25, 0.3) is 0 Å². The zero-order valence-corrected chi connectivity index (χ0v) is 12.1. The van der Waals surface area contributed by atoms with Crippen LogP contribution in [0.2, 0.25) is 0 Å². The molecule has 0 fully saturated rings. The van der Waals surface area contributed by atoms with Crippen LogP contribution < -0.4 is 11.1 Å². The van der Waals surface area contributed by atoms with Gasteiger partial charge >= 0.3 is 0 Å². The molecule has 0 amide bonds. The van der Waals surface area contributed by atoms with Gasteiger partial charge in [0.1, 0.15) is 0 Å². The smallest absolute Gasteiger partial charge is 0.0618 e. The lowest BCUT2D eigenvalue weighted by Gasteiger charge is -2.23. The van der Waals surface area contributed by atoms with Gasteiger partial charge in [0.2, 0.25) is 0 Å². The van der Waals surface area contributed by atoms with Gasteiger partial charge in [0.05, 0.1) is 11.4 Å². The highest BCUT2D eigenvalue weighted by Crippen LogP contribution is 2.32. The predicted octanol–water partition coefficient (Wildman–Crippen LogP) is 4.62. The standard InChI is InChI=1S/C17H22N2/c1-12-9-10-16(14(18)11-12)19-15-8-6-5-7-13(15)17(2,3)4/h5-11,19H,18H2,1-4H3. The van der Waals surface area contributed by atoms with Crippen LogP contribution in [0.5, 0.6) is 0 Å². The molecule has 0 aliphatic heterocycles. The molecule has 19 heavy (non-hydrogen) atoms. The molecule has 100 valence electrons. The van der Waals surface area contributed by atoms with E-state index in [4.69, 9.17) is 5.73 Å². The van der Waals surface area contributed by atoms with Gasteiger partial charge in [-0.25, -0.2) is 0 Å². The molecule has 2 rings (SSSR count). The minimum atomic E-state index is 0.100.